The van der Waals surface area contributed by atoms with Crippen LogP contribution in [0.15, 0.2) is 30.5 Å². The predicted molar refractivity (Wildman–Crippen MR) is 75.2 cm³/mol. The lowest BCUT2D eigenvalue weighted by molar-refractivity contribution is 0.0697. The maximum absolute atomic E-state index is 11.3. The number of rotatable bonds is 4. The van der Waals surface area contributed by atoms with Crippen LogP contribution in [0.5, 0.6) is 0 Å². The molecule has 0 aliphatic heterocycles. The molecule has 2 rings (SSSR count). The average Bonchev–Trinajstić information content (AvgIpc) is 2.39. The van der Waals surface area contributed by atoms with Crippen LogP contribution in [0.3, 0.4) is 0 Å². The fraction of sp³-hybridized carbons (Fsp3) is 0.200. The standard InChI is InChI=1S/C15H14N2O2/c1-3-6-10(2)17-14-11-7-4-5-8-13(11)16-9-12(14)15(18)19/h1,4-5,7-10H,6H2,2H3,(H,16,17)(H,18,19). The third kappa shape index (κ3) is 2.66. The fourth-order valence-electron chi connectivity index (χ4n) is 1.93. The lowest BCUT2D eigenvalue weighted by Crippen LogP contribution is -2.17. The van der Waals surface area contributed by atoms with Gasteiger partial charge in [-0.25, -0.2) is 4.79 Å². The number of aromatic nitrogens is 1. The van der Waals surface area contributed by atoms with E-state index in [0.29, 0.717) is 12.1 Å². The molecule has 1 aromatic heterocycles. The largest absolute Gasteiger partial charge is 0.478 e. The zero-order chi connectivity index (χ0) is 13.8. The molecule has 96 valence electrons. The Morgan fingerprint density at radius 3 is 2.95 bits per heavy atom. The first kappa shape index (κ1) is 12.9. The third-order valence-corrected chi connectivity index (χ3v) is 2.82. The minimum absolute atomic E-state index is 0.00564. The van der Waals surface area contributed by atoms with Gasteiger partial charge in [-0.15, -0.1) is 12.3 Å². The van der Waals surface area contributed by atoms with Crippen molar-refractivity contribution in [1.29, 1.82) is 0 Å². The summed E-state index contributed by atoms with van der Waals surface area (Å²) in [6, 6.07) is 7.41. The Kier molecular flexibility index (Phi) is 3.67. The highest BCUT2D eigenvalue weighted by atomic mass is 16.4. The van der Waals surface area contributed by atoms with E-state index in [-0.39, 0.29) is 11.6 Å². The molecule has 19 heavy (non-hydrogen) atoms. The maximum atomic E-state index is 11.3. The summed E-state index contributed by atoms with van der Waals surface area (Å²) in [5.74, 6) is 1.55. The molecule has 0 bridgehead atoms. The number of benzene rings is 1. The van der Waals surface area contributed by atoms with Crippen LogP contribution in [0.2, 0.25) is 0 Å². The molecule has 4 nitrogen and oxygen atoms in total. The quantitative estimate of drug-likeness (QED) is 0.823. The molecule has 0 aliphatic rings. The number of carboxylic acids is 1. The van der Waals surface area contributed by atoms with Gasteiger partial charge in [0.2, 0.25) is 0 Å². The van der Waals surface area contributed by atoms with Crippen LogP contribution in [-0.4, -0.2) is 22.1 Å². The molecule has 0 radical (unpaired) electrons. The first-order chi connectivity index (χ1) is 9.13. The van der Waals surface area contributed by atoms with Gasteiger partial charge in [-0.1, -0.05) is 18.2 Å². The molecule has 0 aliphatic carbocycles. The number of pyridine rings is 1. The van der Waals surface area contributed by atoms with Crippen LogP contribution in [0.4, 0.5) is 5.69 Å². The van der Waals surface area contributed by atoms with Crippen LogP contribution in [0.25, 0.3) is 10.9 Å². The van der Waals surface area contributed by atoms with Crippen molar-refractivity contribution in [3.63, 3.8) is 0 Å². The molecular weight excluding hydrogens is 240 g/mol. The lowest BCUT2D eigenvalue weighted by atomic mass is 10.1. The summed E-state index contributed by atoms with van der Waals surface area (Å²) < 4.78 is 0. The van der Waals surface area contributed by atoms with E-state index < -0.39 is 5.97 Å². The Labute approximate surface area is 111 Å². The number of aromatic carboxylic acids is 1. The van der Waals surface area contributed by atoms with E-state index in [9.17, 15) is 9.90 Å². The van der Waals surface area contributed by atoms with Crippen LogP contribution in [0, 0.1) is 12.3 Å². The van der Waals surface area contributed by atoms with Gasteiger partial charge in [0.05, 0.1) is 11.2 Å². The molecule has 1 unspecified atom stereocenters. The topological polar surface area (TPSA) is 62.2 Å². The van der Waals surface area contributed by atoms with Crippen molar-refractivity contribution < 1.29 is 9.90 Å². The zero-order valence-corrected chi connectivity index (χ0v) is 10.6. The number of fused-ring (bicyclic) bond motifs is 1. The van der Waals surface area contributed by atoms with Gasteiger partial charge in [0.1, 0.15) is 5.56 Å². The number of anilines is 1. The molecule has 4 heteroatoms. The number of hydrogen-bond donors (Lipinski definition) is 2. The van der Waals surface area contributed by atoms with Crippen LogP contribution in [0.1, 0.15) is 23.7 Å². The molecule has 0 amide bonds. The predicted octanol–water partition coefficient (Wildman–Crippen LogP) is 2.76. The van der Waals surface area contributed by atoms with Crippen LogP contribution in [-0.2, 0) is 0 Å². The average molecular weight is 254 g/mol. The monoisotopic (exact) mass is 254 g/mol. The van der Waals surface area contributed by atoms with Crippen LogP contribution < -0.4 is 5.32 Å². The molecular formula is C15H14N2O2. The van der Waals surface area contributed by atoms with Crippen molar-refractivity contribution >= 4 is 22.6 Å². The van der Waals surface area contributed by atoms with Crippen molar-refractivity contribution in [3.8, 4) is 12.3 Å². The van der Waals surface area contributed by atoms with Gasteiger partial charge >= 0.3 is 5.97 Å². The molecule has 1 aromatic carbocycles. The molecule has 0 saturated heterocycles. The first-order valence-electron chi connectivity index (χ1n) is 5.94. The Balaban J connectivity index is 2.56. The summed E-state index contributed by atoms with van der Waals surface area (Å²) in [6.07, 6.45) is 7.17. The van der Waals surface area contributed by atoms with Crippen molar-refractivity contribution in [2.24, 2.45) is 0 Å². The van der Waals surface area contributed by atoms with Gasteiger partial charge in [-0.2, -0.15) is 0 Å². The molecule has 0 saturated carbocycles. The van der Waals surface area contributed by atoms with E-state index in [0.717, 1.165) is 10.9 Å². The van der Waals surface area contributed by atoms with E-state index in [1.165, 1.54) is 6.20 Å². The normalized spacial score (nSPS) is 11.8. The number of nitrogens with one attached hydrogen (secondary N) is 1. The van der Waals surface area contributed by atoms with Crippen LogP contribution >= 0.6 is 0 Å². The fourth-order valence-corrected chi connectivity index (χ4v) is 1.93. The molecule has 2 N–H and O–H groups in total. The van der Waals surface area contributed by atoms with E-state index >= 15 is 0 Å². The highest BCUT2D eigenvalue weighted by molar-refractivity contribution is 6.04. The number of nitrogens with zero attached hydrogens (tertiary/aromatic N) is 1. The van der Waals surface area contributed by atoms with Gasteiger partial charge in [0, 0.05) is 24.0 Å². The number of para-hydroxylation sites is 1. The Morgan fingerprint density at radius 1 is 1.53 bits per heavy atom. The smallest absolute Gasteiger partial charge is 0.339 e. The summed E-state index contributed by atoms with van der Waals surface area (Å²) in [5.41, 5.74) is 1.48. The third-order valence-electron chi connectivity index (χ3n) is 2.82. The molecule has 2 aromatic rings. The van der Waals surface area contributed by atoms with E-state index in [1.807, 2.05) is 31.2 Å². The molecule has 0 fully saturated rings. The minimum atomic E-state index is -1.01. The van der Waals surface area contributed by atoms with Gasteiger partial charge in [0.25, 0.3) is 0 Å². The van der Waals surface area contributed by atoms with Gasteiger partial charge < -0.3 is 10.4 Å². The number of carbonyl (C=O) groups is 1. The second-order valence-electron chi connectivity index (χ2n) is 4.32. The maximum Gasteiger partial charge on any atom is 0.339 e. The SMILES string of the molecule is C#CCC(C)Nc1c(C(=O)O)cnc2ccccc12. The van der Waals surface area contributed by atoms with E-state index in [4.69, 9.17) is 6.42 Å². The number of terminal acetylenes is 1. The Hall–Kier alpha value is -2.54. The summed E-state index contributed by atoms with van der Waals surface area (Å²) in [5, 5.41) is 13.2. The van der Waals surface area contributed by atoms with Crippen molar-refractivity contribution in [3.05, 3.63) is 36.0 Å². The Bertz CT molecular complexity index is 659. The second-order valence-corrected chi connectivity index (χ2v) is 4.32. The van der Waals surface area contributed by atoms with Crippen molar-refractivity contribution in [2.75, 3.05) is 5.32 Å². The molecule has 1 atom stereocenters. The van der Waals surface area contributed by atoms with Crippen molar-refractivity contribution in [2.45, 2.75) is 19.4 Å². The van der Waals surface area contributed by atoms with Gasteiger partial charge in [-0.3, -0.25) is 4.98 Å². The lowest BCUT2D eigenvalue weighted by Gasteiger charge is -2.16. The number of carboxylic acid groups (broad SMARTS) is 1. The summed E-state index contributed by atoms with van der Waals surface area (Å²) in [7, 11) is 0. The summed E-state index contributed by atoms with van der Waals surface area (Å²) >= 11 is 0. The zero-order valence-electron chi connectivity index (χ0n) is 10.6. The summed E-state index contributed by atoms with van der Waals surface area (Å²) in [4.78, 5) is 15.4. The van der Waals surface area contributed by atoms with Gasteiger partial charge in [0.15, 0.2) is 0 Å². The Morgan fingerprint density at radius 2 is 2.26 bits per heavy atom. The van der Waals surface area contributed by atoms with Gasteiger partial charge in [-0.05, 0) is 13.0 Å². The molecule has 0 spiro atoms. The van der Waals surface area contributed by atoms with E-state index in [1.54, 1.807) is 0 Å². The highest BCUT2D eigenvalue weighted by Crippen LogP contribution is 2.26. The number of hydrogen-bond acceptors (Lipinski definition) is 3. The van der Waals surface area contributed by atoms with Crippen molar-refractivity contribution in [1.82, 2.24) is 4.98 Å². The first-order valence-corrected chi connectivity index (χ1v) is 5.94. The highest BCUT2D eigenvalue weighted by Gasteiger charge is 2.15. The second kappa shape index (κ2) is 5.40. The summed E-state index contributed by atoms with van der Waals surface area (Å²) in [6.45, 7) is 1.92. The van der Waals surface area contributed by atoms with E-state index in [2.05, 4.69) is 16.2 Å². The molecule has 1 heterocycles. The minimum Gasteiger partial charge on any atom is -0.478 e.